The third-order valence-corrected chi connectivity index (χ3v) is 6.62. The number of amides is 1. The van der Waals surface area contributed by atoms with E-state index in [4.69, 9.17) is 45.9 Å². The van der Waals surface area contributed by atoms with E-state index in [2.05, 4.69) is 10.3 Å². The third kappa shape index (κ3) is 4.47. The first-order chi connectivity index (χ1) is 15.6. The number of fused-ring (bicyclic) bond motifs is 3. The van der Waals surface area contributed by atoms with E-state index in [0.29, 0.717) is 39.4 Å². The molecule has 3 aromatic heterocycles. The molecule has 4 aromatic rings. The summed E-state index contributed by atoms with van der Waals surface area (Å²) >= 11 is 7.46. The number of pyridine rings is 2. The number of aromatic nitrogens is 2. The van der Waals surface area contributed by atoms with Crippen molar-refractivity contribution < 1.29 is 9.90 Å². The van der Waals surface area contributed by atoms with Crippen LogP contribution in [0.25, 0.3) is 32.2 Å². The number of thiophene rings is 1. The fourth-order valence-electron chi connectivity index (χ4n) is 3.69. The van der Waals surface area contributed by atoms with Gasteiger partial charge in [0.2, 0.25) is 0 Å². The highest BCUT2D eigenvalue weighted by atomic mass is 35.5. The van der Waals surface area contributed by atoms with Gasteiger partial charge in [0.25, 0.3) is 5.91 Å². The molecule has 0 saturated heterocycles. The monoisotopic (exact) mass is 470 g/mol. The molecule has 6 nitrogen and oxygen atoms in total. The summed E-state index contributed by atoms with van der Waals surface area (Å²) in [6, 6.07) is 9.04. The molecule has 0 aliphatic carbocycles. The van der Waals surface area contributed by atoms with Crippen LogP contribution in [-0.2, 0) is 0 Å². The average molecular weight is 470 g/mol. The summed E-state index contributed by atoms with van der Waals surface area (Å²) < 4.78 is 0.923. The van der Waals surface area contributed by atoms with Crippen molar-refractivity contribution in [3.8, 4) is 11.3 Å². The van der Waals surface area contributed by atoms with Crippen molar-refractivity contribution in [2.75, 3.05) is 11.9 Å². The topological polar surface area (TPSA) is 101 Å². The van der Waals surface area contributed by atoms with Gasteiger partial charge in [-0.25, -0.2) is 9.97 Å². The number of hydrogen-bond donors (Lipinski definition) is 3. The molecule has 0 fully saturated rings. The Morgan fingerprint density at radius 3 is 2.73 bits per heavy atom. The van der Waals surface area contributed by atoms with Crippen LogP contribution in [0, 0.1) is 0 Å². The van der Waals surface area contributed by atoms with Gasteiger partial charge in [-0.2, -0.15) is 0 Å². The summed E-state index contributed by atoms with van der Waals surface area (Å²) in [7, 11) is 17.1. The molecule has 0 saturated carbocycles. The maximum Gasteiger partial charge on any atom is 0.260 e. The number of aliphatic hydroxyl groups excluding tert-OH is 1. The largest absolute Gasteiger partial charge is 0.390 e. The Hall–Kier alpha value is -2.55. The molecule has 0 spiro atoms. The van der Waals surface area contributed by atoms with E-state index in [0.717, 1.165) is 21.9 Å². The first-order valence-corrected chi connectivity index (χ1v) is 11.4. The van der Waals surface area contributed by atoms with E-state index in [-0.39, 0.29) is 5.15 Å². The van der Waals surface area contributed by atoms with Crippen molar-refractivity contribution in [2.45, 2.75) is 24.6 Å². The van der Waals surface area contributed by atoms with Crippen LogP contribution < -0.4 is 11.1 Å². The van der Waals surface area contributed by atoms with Gasteiger partial charge in [0.1, 0.15) is 10.0 Å². The normalized spacial score (nSPS) is 12.8. The predicted molar refractivity (Wildman–Crippen MR) is 138 cm³/mol. The van der Waals surface area contributed by atoms with Crippen molar-refractivity contribution in [3.63, 3.8) is 0 Å². The highest BCUT2D eigenvalue weighted by Gasteiger charge is 2.26. The Labute approximate surface area is 204 Å². The molecule has 0 bridgehead atoms. The quantitative estimate of drug-likeness (QED) is 0.283. The first-order valence-electron chi connectivity index (χ1n) is 10.2. The number of rotatable bonds is 7. The van der Waals surface area contributed by atoms with Gasteiger partial charge in [-0.1, -0.05) is 18.5 Å². The number of primary amides is 1. The molecular weight excluding hydrogens is 452 g/mol. The highest BCUT2D eigenvalue weighted by Crippen LogP contribution is 2.41. The molecule has 1 aromatic carbocycles. The Balaban J connectivity index is 1.93. The van der Waals surface area contributed by atoms with Gasteiger partial charge in [-0.05, 0) is 36.8 Å². The van der Waals surface area contributed by atoms with Crippen LogP contribution in [0.5, 0.6) is 0 Å². The lowest BCUT2D eigenvalue weighted by Gasteiger charge is -2.29. The highest BCUT2D eigenvalue weighted by molar-refractivity contribution is 7.21. The zero-order chi connectivity index (χ0) is 23.9. The molecule has 1 atom stereocenters. The fourth-order valence-corrected chi connectivity index (χ4v) is 4.90. The molecule has 1 amide bonds. The number of carbonyl (C=O) groups is 1. The number of carbonyl (C=O) groups excluding carboxylic acids is 1. The predicted octanol–water partition coefficient (Wildman–Crippen LogP) is 3.70. The number of anilines is 1. The van der Waals surface area contributed by atoms with Crippen molar-refractivity contribution in [1.82, 2.24) is 9.97 Å². The Morgan fingerprint density at radius 2 is 2.06 bits per heavy atom. The molecular formula is C22H18B3ClN4O2S. The van der Waals surface area contributed by atoms with Crippen LogP contribution >= 0.6 is 22.9 Å². The minimum Gasteiger partial charge on any atom is -0.390 e. The van der Waals surface area contributed by atoms with Crippen molar-refractivity contribution in [3.05, 3.63) is 52.1 Å². The van der Waals surface area contributed by atoms with Crippen molar-refractivity contribution in [2.24, 2.45) is 5.73 Å². The van der Waals surface area contributed by atoms with E-state index in [1.54, 1.807) is 12.1 Å². The lowest BCUT2D eigenvalue weighted by Crippen LogP contribution is -2.23. The van der Waals surface area contributed by atoms with E-state index >= 15 is 0 Å². The summed E-state index contributed by atoms with van der Waals surface area (Å²) in [5, 5.41) is 14.0. The average Bonchev–Trinajstić information content (AvgIpc) is 3.15. The molecule has 3 heterocycles. The summed E-state index contributed by atoms with van der Waals surface area (Å²) in [6.45, 7) is 2.74. The zero-order valence-electron chi connectivity index (χ0n) is 17.8. The lowest BCUT2D eigenvalue weighted by molar-refractivity contribution is 0.100. The van der Waals surface area contributed by atoms with Gasteiger partial charge < -0.3 is 16.2 Å². The molecule has 6 radical (unpaired) electrons. The van der Waals surface area contributed by atoms with Crippen LogP contribution in [0.2, 0.25) is 10.3 Å². The second kappa shape index (κ2) is 9.01. The second-order valence-electron chi connectivity index (χ2n) is 7.80. The summed E-state index contributed by atoms with van der Waals surface area (Å²) in [5.41, 5.74) is 8.36. The van der Waals surface area contributed by atoms with E-state index in [1.165, 1.54) is 17.5 Å². The number of nitrogens with two attached hydrogens (primary N) is 1. The summed E-state index contributed by atoms with van der Waals surface area (Å²) in [4.78, 5) is 21.3. The molecule has 11 heteroatoms. The maximum absolute atomic E-state index is 12.0. The van der Waals surface area contributed by atoms with Gasteiger partial charge in [0.15, 0.2) is 0 Å². The van der Waals surface area contributed by atoms with Gasteiger partial charge >= 0.3 is 0 Å². The van der Waals surface area contributed by atoms with Crippen LogP contribution in [0.1, 0.15) is 34.7 Å². The Kier molecular flexibility index (Phi) is 6.44. The maximum atomic E-state index is 12.0. The van der Waals surface area contributed by atoms with Crippen LogP contribution in [0.15, 0.2) is 36.5 Å². The number of hydrogen-bond acceptors (Lipinski definition) is 6. The first kappa shape index (κ1) is 23.6. The van der Waals surface area contributed by atoms with Crippen LogP contribution in [-0.4, -0.2) is 51.1 Å². The Morgan fingerprint density at radius 1 is 1.30 bits per heavy atom. The van der Waals surface area contributed by atoms with Crippen LogP contribution in [0.3, 0.4) is 0 Å². The number of halogens is 1. The zero-order valence-corrected chi connectivity index (χ0v) is 19.4. The van der Waals surface area contributed by atoms with Crippen molar-refractivity contribution >= 4 is 79.1 Å². The van der Waals surface area contributed by atoms with Gasteiger partial charge in [-0.15, -0.1) is 16.4 Å². The minimum atomic E-state index is -1.88. The lowest BCUT2D eigenvalue weighted by atomic mass is 9.39. The summed E-state index contributed by atoms with van der Waals surface area (Å²) in [5.74, 6) is -0.480. The molecule has 0 aliphatic rings. The van der Waals surface area contributed by atoms with Crippen LogP contribution in [0.4, 0.5) is 5.69 Å². The number of nitrogens with one attached hydrogen (secondary N) is 1. The Bertz CT molecular complexity index is 1370. The van der Waals surface area contributed by atoms with E-state index in [1.807, 2.05) is 25.1 Å². The number of nitrogens with zero attached hydrogens (tertiary/aromatic N) is 2. The second-order valence-corrected chi connectivity index (χ2v) is 9.24. The molecule has 160 valence electrons. The van der Waals surface area contributed by atoms with Gasteiger partial charge in [0.05, 0.1) is 46.5 Å². The smallest absolute Gasteiger partial charge is 0.260 e. The molecule has 0 aliphatic heterocycles. The van der Waals surface area contributed by atoms with Gasteiger partial charge in [-0.3, -0.25) is 4.79 Å². The van der Waals surface area contributed by atoms with Gasteiger partial charge in [0, 0.05) is 39.3 Å². The minimum absolute atomic E-state index is 0.213. The third-order valence-electron chi connectivity index (χ3n) is 5.24. The summed E-state index contributed by atoms with van der Waals surface area (Å²) in [6.07, 6.45) is 0.863. The van der Waals surface area contributed by atoms with E-state index < -0.39 is 17.1 Å². The number of aliphatic hydroxyl groups is 1. The molecule has 4 N–H and O–H groups in total. The molecule has 33 heavy (non-hydrogen) atoms. The van der Waals surface area contributed by atoms with Crippen molar-refractivity contribution in [1.29, 1.82) is 0 Å². The van der Waals surface area contributed by atoms with E-state index in [9.17, 15) is 9.90 Å². The molecule has 4 rings (SSSR count). The SMILES string of the molecule is [B]C([B])([B])C(O)c1cnc(Cl)cc1-c1ccc2c(ccc3sc(C(N)=O)c(NCCC)c32)n1. The number of benzene rings is 1. The standard InChI is InChI=1S/C22H18B3ClN4O2S/c1-2-7-28-18-17-10-3-4-14(30-13(10)5-6-15(17)33-19(18)21(27)32)11-8-16(26)29-9-12(11)20(31)22(23,24)25/h3-6,8-9,20,28,31H,2,7H2,1H3,(H2,27,32). The molecule has 1 unspecified atom stereocenters. The fraction of sp³-hybridized carbons (Fsp3) is 0.227.